The van der Waals surface area contributed by atoms with Crippen LogP contribution in [0.4, 0.5) is 4.79 Å². The van der Waals surface area contributed by atoms with Gasteiger partial charge < -0.3 is 19.9 Å². The van der Waals surface area contributed by atoms with Crippen molar-refractivity contribution in [3.63, 3.8) is 0 Å². The topological polar surface area (TPSA) is 116 Å². The number of sulfonamides is 1. The van der Waals surface area contributed by atoms with E-state index in [0.29, 0.717) is 6.54 Å². The van der Waals surface area contributed by atoms with E-state index in [1.165, 1.54) is 28.4 Å². The molecule has 0 aromatic heterocycles. The smallest absolute Gasteiger partial charge is 0.410 e. The van der Waals surface area contributed by atoms with E-state index in [0.717, 1.165) is 32.1 Å². The minimum atomic E-state index is -3.98. The average Bonchev–Trinajstić information content (AvgIpc) is 3.29. The zero-order valence-corrected chi connectivity index (χ0v) is 24.1. The molecule has 10 nitrogen and oxygen atoms in total. The molecule has 1 saturated heterocycles. The minimum absolute atomic E-state index is 0.0408. The van der Waals surface area contributed by atoms with E-state index in [-0.39, 0.29) is 48.5 Å². The van der Waals surface area contributed by atoms with Gasteiger partial charge in [-0.05, 0) is 65.0 Å². The van der Waals surface area contributed by atoms with E-state index in [1.807, 2.05) is 4.90 Å². The van der Waals surface area contributed by atoms with Crippen LogP contribution in [-0.4, -0.2) is 90.8 Å². The zero-order chi connectivity index (χ0) is 28.4. The standard InChI is InChI=1S/C28H40N4O6S/c1-27(2,3)38-26(35)31-18-8-7-17-30(4)39(36,37)22-12-6-5-11-21(22)25(34)29-28-15-9-13-23(28)32(19-10-16-28)24(33)14-20-31/h5-8,11-12,23H,9-10,13-20H2,1-4H3,(H,29,34)/b8-7+. The number of likely N-dealkylation sites (N-methyl/N-ethyl adjacent to an activating group) is 1. The summed E-state index contributed by atoms with van der Waals surface area (Å²) in [6.07, 6.45) is 6.71. The van der Waals surface area contributed by atoms with Gasteiger partial charge >= 0.3 is 6.09 Å². The van der Waals surface area contributed by atoms with Gasteiger partial charge in [0.05, 0.1) is 22.0 Å². The highest BCUT2D eigenvalue weighted by Gasteiger charge is 2.50. The van der Waals surface area contributed by atoms with Crippen molar-refractivity contribution in [2.45, 2.75) is 81.4 Å². The summed E-state index contributed by atoms with van der Waals surface area (Å²) >= 11 is 0. The first-order valence-corrected chi connectivity index (χ1v) is 15.1. The highest BCUT2D eigenvalue weighted by Crippen LogP contribution is 2.41. The number of hydrogen-bond acceptors (Lipinski definition) is 6. The van der Waals surface area contributed by atoms with Crippen molar-refractivity contribution in [3.8, 4) is 0 Å². The Morgan fingerprint density at radius 2 is 1.74 bits per heavy atom. The molecule has 1 aromatic carbocycles. The maximum atomic E-state index is 13.6. The molecule has 1 aromatic rings. The fourth-order valence-corrected chi connectivity index (χ4v) is 7.16. The third-order valence-electron chi connectivity index (χ3n) is 7.74. The molecule has 1 N–H and O–H groups in total. The molecule has 11 heteroatoms. The van der Waals surface area contributed by atoms with Crippen LogP contribution in [-0.2, 0) is 19.6 Å². The van der Waals surface area contributed by atoms with E-state index in [1.54, 1.807) is 45.1 Å². The summed E-state index contributed by atoms with van der Waals surface area (Å²) < 4.78 is 33.7. The van der Waals surface area contributed by atoms with Gasteiger partial charge in [-0.1, -0.05) is 24.3 Å². The van der Waals surface area contributed by atoms with Gasteiger partial charge in [-0.15, -0.1) is 0 Å². The summed E-state index contributed by atoms with van der Waals surface area (Å²) in [5.41, 5.74) is -1.22. The molecule has 1 aliphatic carbocycles. The predicted octanol–water partition coefficient (Wildman–Crippen LogP) is 3.15. The quantitative estimate of drug-likeness (QED) is 0.488. The van der Waals surface area contributed by atoms with E-state index < -0.39 is 33.2 Å². The van der Waals surface area contributed by atoms with Crippen LogP contribution in [0.3, 0.4) is 0 Å². The molecule has 0 radical (unpaired) electrons. The van der Waals surface area contributed by atoms with Gasteiger partial charge in [0.2, 0.25) is 15.9 Å². The molecule has 2 aliphatic heterocycles. The Morgan fingerprint density at radius 3 is 2.49 bits per heavy atom. The number of nitrogens with one attached hydrogen (secondary N) is 1. The number of rotatable bonds is 0. The van der Waals surface area contributed by atoms with Crippen LogP contribution in [0.5, 0.6) is 0 Å². The molecule has 0 spiro atoms. The largest absolute Gasteiger partial charge is 0.444 e. The van der Waals surface area contributed by atoms with Gasteiger partial charge in [0.1, 0.15) is 5.60 Å². The molecule has 2 fully saturated rings. The first-order valence-electron chi connectivity index (χ1n) is 13.6. The van der Waals surface area contributed by atoms with E-state index in [4.69, 9.17) is 4.74 Å². The number of piperidine rings is 1. The van der Waals surface area contributed by atoms with Gasteiger partial charge in [-0.25, -0.2) is 13.2 Å². The molecule has 39 heavy (non-hydrogen) atoms. The number of hydrogen-bond donors (Lipinski definition) is 1. The monoisotopic (exact) mass is 560 g/mol. The van der Waals surface area contributed by atoms with Crippen molar-refractivity contribution in [2.24, 2.45) is 0 Å². The molecular weight excluding hydrogens is 520 g/mol. The van der Waals surface area contributed by atoms with Crippen molar-refractivity contribution >= 4 is 27.9 Å². The average molecular weight is 561 g/mol. The van der Waals surface area contributed by atoms with Gasteiger partial charge in [-0.3, -0.25) is 9.59 Å². The molecule has 2 unspecified atom stereocenters. The van der Waals surface area contributed by atoms with Crippen LogP contribution >= 0.6 is 0 Å². The molecular formula is C28H40N4O6S. The number of amides is 3. The predicted molar refractivity (Wildman–Crippen MR) is 147 cm³/mol. The van der Waals surface area contributed by atoms with Crippen LogP contribution in [0.1, 0.15) is 69.7 Å². The van der Waals surface area contributed by atoms with E-state index >= 15 is 0 Å². The molecule has 2 bridgehead atoms. The Hall–Kier alpha value is -2.92. The van der Waals surface area contributed by atoms with Crippen molar-refractivity contribution in [1.29, 1.82) is 0 Å². The van der Waals surface area contributed by atoms with Crippen LogP contribution < -0.4 is 5.32 Å². The Bertz CT molecular complexity index is 1240. The first-order chi connectivity index (χ1) is 18.3. The second-order valence-corrected chi connectivity index (χ2v) is 13.7. The number of benzene rings is 1. The molecule has 2 atom stereocenters. The molecule has 1 saturated carbocycles. The third-order valence-corrected chi connectivity index (χ3v) is 9.62. The number of fused-ring (bicyclic) bond motifs is 1. The SMILES string of the molecule is CN1C/C=C/CN(C(=O)OC(C)(C)C)CCC(=O)N2CCCC3(CCCC23)NC(=O)c2ccccc2S1(=O)=O. The van der Waals surface area contributed by atoms with Gasteiger partial charge in [0.25, 0.3) is 5.91 Å². The van der Waals surface area contributed by atoms with Crippen molar-refractivity contribution in [2.75, 3.05) is 33.2 Å². The lowest BCUT2D eigenvalue weighted by Gasteiger charge is -2.47. The fraction of sp³-hybridized carbons (Fsp3) is 0.607. The Balaban J connectivity index is 1.71. The van der Waals surface area contributed by atoms with E-state index in [9.17, 15) is 22.8 Å². The number of carbonyl (C=O) groups excluding carboxylic acids is 3. The molecule has 3 aliphatic rings. The maximum absolute atomic E-state index is 13.6. The second-order valence-electron chi connectivity index (χ2n) is 11.6. The Kier molecular flexibility index (Phi) is 8.41. The summed E-state index contributed by atoms with van der Waals surface area (Å²) in [4.78, 5) is 43.3. The van der Waals surface area contributed by atoms with Crippen LogP contribution in [0.25, 0.3) is 0 Å². The number of nitrogens with zero attached hydrogens (tertiary/aromatic N) is 3. The Morgan fingerprint density at radius 1 is 1.05 bits per heavy atom. The van der Waals surface area contributed by atoms with Crippen LogP contribution in [0, 0.1) is 0 Å². The highest BCUT2D eigenvalue weighted by atomic mass is 32.2. The van der Waals surface area contributed by atoms with Crippen molar-refractivity contribution < 1.29 is 27.5 Å². The van der Waals surface area contributed by atoms with E-state index in [2.05, 4.69) is 5.32 Å². The fourth-order valence-electron chi connectivity index (χ4n) is 5.85. The van der Waals surface area contributed by atoms with Gasteiger partial charge in [0, 0.05) is 39.6 Å². The van der Waals surface area contributed by atoms with Gasteiger partial charge in [0.15, 0.2) is 0 Å². The lowest BCUT2D eigenvalue weighted by atomic mass is 9.82. The van der Waals surface area contributed by atoms with Crippen molar-refractivity contribution in [1.82, 2.24) is 19.4 Å². The Labute approximate surface area is 231 Å². The molecule has 4 rings (SSSR count). The minimum Gasteiger partial charge on any atom is -0.444 e. The summed E-state index contributed by atoms with van der Waals surface area (Å²) in [5, 5.41) is 3.19. The van der Waals surface area contributed by atoms with Crippen LogP contribution in [0.15, 0.2) is 41.3 Å². The van der Waals surface area contributed by atoms with Crippen LogP contribution in [0.2, 0.25) is 0 Å². The van der Waals surface area contributed by atoms with Gasteiger partial charge in [-0.2, -0.15) is 4.31 Å². The summed E-state index contributed by atoms with van der Waals surface area (Å²) in [7, 11) is -2.53. The second kappa shape index (κ2) is 11.3. The summed E-state index contributed by atoms with van der Waals surface area (Å²) in [5.74, 6) is -0.510. The highest BCUT2D eigenvalue weighted by molar-refractivity contribution is 7.89. The third kappa shape index (κ3) is 6.30. The van der Waals surface area contributed by atoms with Crippen molar-refractivity contribution in [3.05, 3.63) is 42.0 Å². The maximum Gasteiger partial charge on any atom is 0.410 e. The first kappa shape index (κ1) is 29.1. The molecule has 3 amide bonds. The number of carbonyl (C=O) groups is 3. The summed E-state index contributed by atoms with van der Waals surface area (Å²) in [6.45, 7) is 6.31. The summed E-state index contributed by atoms with van der Waals surface area (Å²) in [6, 6.07) is 6.06. The molecule has 214 valence electrons. The zero-order valence-electron chi connectivity index (χ0n) is 23.3. The lowest BCUT2D eigenvalue weighted by Crippen LogP contribution is -2.63. The number of ether oxygens (including phenoxy) is 1. The normalized spacial score (nSPS) is 27.6. The molecule has 2 heterocycles. The lowest BCUT2D eigenvalue weighted by molar-refractivity contribution is -0.137.